The van der Waals surface area contributed by atoms with Crippen LogP contribution in [0.5, 0.6) is 11.5 Å². The van der Waals surface area contributed by atoms with Crippen LogP contribution in [0, 0.1) is 0 Å². The molecule has 0 aromatic heterocycles. The lowest BCUT2D eigenvalue weighted by Gasteiger charge is -2.13. The summed E-state index contributed by atoms with van der Waals surface area (Å²) < 4.78 is 45.9. The molecule has 1 aromatic carbocycles. The summed E-state index contributed by atoms with van der Waals surface area (Å²) in [6.45, 7) is -0.515. The van der Waals surface area contributed by atoms with Gasteiger partial charge in [-0.2, -0.15) is 13.2 Å². The molecule has 0 heterocycles. The SMILES string of the molecule is NCCCOc1ccccc1OCC(F)(F)F. The van der Waals surface area contributed by atoms with E-state index in [1.807, 2.05) is 0 Å². The molecular weight excluding hydrogens is 235 g/mol. The average Bonchev–Trinajstić information content (AvgIpc) is 2.27. The molecule has 17 heavy (non-hydrogen) atoms. The molecule has 0 aliphatic rings. The number of halogens is 3. The first kappa shape index (κ1) is 13.6. The molecule has 0 aliphatic heterocycles. The van der Waals surface area contributed by atoms with Crippen molar-refractivity contribution in [2.75, 3.05) is 19.8 Å². The number of benzene rings is 1. The van der Waals surface area contributed by atoms with Gasteiger partial charge in [-0.25, -0.2) is 0 Å². The fourth-order valence-corrected chi connectivity index (χ4v) is 1.11. The molecule has 0 bridgehead atoms. The highest BCUT2D eigenvalue weighted by Crippen LogP contribution is 2.28. The van der Waals surface area contributed by atoms with E-state index in [4.69, 9.17) is 10.5 Å². The number of para-hydroxylation sites is 2. The molecule has 0 amide bonds. The second-order valence-corrected chi connectivity index (χ2v) is 3.34. The van der Waals surface area contributed by atoms with Crippen LogP contribution < -0.4 is 15.2 Å². The Kier molecular flexibility index (Phi) is 5.09. The van der Waals surface area contributed by atoms with Gasteiger partial charge in [0.25, 0.3) is 0 Å². The Balaban J connectivity index is 2.58. The molecule has 2 N–H and O–H groups in total. The summed E-state index contributed by atoms with van der Waals surface area (Å²) in [5, 5.41) is 0. The molecule has 0 saturated carbocycles. The molecule has 0 spiro atoms. The molecule has 0 unspecified atom stereocenters. The van der Waals surface area contributed by atoms with Crippen LogP contribution in [0.4, 0.5) is 13.2 Å². The lowest BCUT2D eigenvalue weighted by Crippen LogP contribution is -2.19. The van der Waals surface area contributed by atoms with Gasteiger partial charge in [0.05, 0.1) is 6.61 Å². The van der Waals surface area contributed by atoms with Gasteiger partial charge < -0.3 is 15.2 Å². The van der Waals surface area contributed by atoms with Gasteiger partial charge in [-0.05, 0) is 25.1 Å². The molecule has 0 fully saturated rings. The van der Waals surface area contributed by atoms with Crippen molar-refractivity contribution in [3.8, 4) is 11.5 Å². The van der Waals surface area contributed by atoms with Gasteiger partial charge in [0.1, 0.15) is 0 Å². The predicted molar refractivity (Wildman–Crippen MR) is 57.2 cm³/mol. The van der Waals surface area contributed by atoms with E-state index >= 15 is 0 Å². The topological polar surface area (TPSA) is 44.5 Å². The molecule has 1 aromatic rings. The van der Waals surface area contributed by atoms with Crippen LogP contribution in [0.15, 0.2) is 24.3 Å². The third kappa shape index (κ3) is 5.44. The Hall–Kier alpha value is -1.43. The van der Waals surface area contributed by atoms with Gasteiger partial charge >= 0.3 is 6.18 Å². The monoisotopic (exact) mass is 249 g/mol. The minimum atomic E-state index is -4.36. The number of ether oxygens (including phenoxy) is 2. The van der Waals surface area contributed by atoms with Crippen molar-refractivity contribution < 1.29 is 22.6 Å². The lowest BCUT2D eigenvalue weighted by atomic mass is 10.3. The summed E-state index contributed by atoms with van der Waals surface area (Å²) in [6, 6.07) is 6.24. The van der Waals surface area contributed by atoms with Gasteiger partial charge in [0.15, 0.2) is 18.1 Å². The van der Waals surface area contributed by atoms with Gasteiger partial charge in [-0.3, -0.25) is 0 Å². The van der Waals surface area contributed by atoms with Crippen LogP contribution in [-0.4, -0.2) is 25.9 Å². The van der Waals surface area contributed by atoms with Crippen molar-refractivity contribution in [1.82, 2.24) is 0 Å². The van der Waals surface area contributed by atoms with Gasteiger partial charge in [-0.1, -0.05) is 12.1 Å². The Morgan fingerprint density at radius 3 is 2.18 bits per heavy atom. The Bertz CT molecular complexity index is 342. The maximum Gasteiger partial charge on any atom is 0.422 e. The number of nitrogens with two attached hydrogens (primary N) is 1. The molecule has 0 atom stereocenters. The Morgan fingerprint density at radius 1 is 1.06 bits per heavy atom. The van der Waals surface area contributed by atoms with Crippen LogP contribution >= 0.6 is 0 Å². The maximum absolute atomic E-state index is 12.0. The lowest BCUT2D eigenvalue weighted by molar-refractivity contribution is -0.153. The van der Waals surface area contributed by atoms with Crippen LogP contribution in [0.3, 0.4) is 0 Å². The quantitative estimate of drug-likeness (QED) is 0.787. The zero-order valence-corrected chi connectivity index (χ0v) is 9.17. The summed E-state index contributed by atoms with van der Waals surface area (Å²) >= 11 is 0. The second kappa shape index (κ2) is 6.34. The first-order valence-electron chi connectivity index (χ1n) is 5.14. The van der Waals surface area contributed by atoms with E-state index in [-0.39, 0.29) is 5.75 Å². The number of rotatable bonds is 6. The van der Waals surface area contributed by atoms with Crippen LogP contribution in [0.2, 0.25) is 0 Å². The summed E-state index contributed by atoms with van der Waals surface area (Å²) in [4.78, 5) is 0. The minimum Gasteiger partial charge on any atom is -0.490 e. The summed E-state index contributed by atoms with van der Waals surface area (Å²) in [5.74, 6) is 0.382. The fraction of sp³-hybridized carbons (Fsp3) is 0.455. The van der Waals surface area contributed by atoms with Gasteiger partial charge in [0, 0.05) is 0 Å². The zero-order valence-electron chi connectivity index (χ0n) is 9.17. The molecule has 6 heteroatoms. The molecule has 96 valence electrons. The highest BCUT2D eigenvalue weighted by molar-refractivity contribution is 5.39. The second-order valence-electron chi connectivity index (χ2n) is 3.34. The zero-order chi connectivity index (χ0) is 12.7. The van der Waals surface area contributed by atoms with Gasteiger partial charge in [-0.15, -0.1) is 0 Å². The Morgan fingerprint density at radius 2 is 1.65 bits per heavy atom. The number of hydrogen-bond donors (Lipinski definition) is 1. The number of alkyl halides is 3. The molecule has 0 aliphatic carbocycles. The summed E-state index contributed by atoms with van der Waals surface area (Å²) in [5.41, 5.74) is 5.29. The van der Waals surface area contributed by atoms with Crippen molar-refractivity contribution in [3.05, 3.63) is 24.3 Å². The third-order valence-electron chi connectivity index (χ3n) is 1.85. The average molecular weight is 249 g/mol. The number of hydrogen-bond acceptors (Lipinski definition) is 3. The van der Waals surface area contributed by atoms with E-state index in [2.05, 4.69) is 4.74 Å². The van der Waals surface area contributed by atoms with Crippen LogP contribution in [0.25, 0.3) is 0 Å². The first-order chi connectivity index (χ1) is 8.03. The standard InChI is InChI=1S/C11H14F3NO2/c12-11(13,14)8-17-10-5-2-1-4-9(10)16-7-3-6-15/h1-2,4-5H,3,6-8,15H2. The van der Waals surface area contributed by atoms with Crippen molar-refractivity contribution in [2.24, 2.45) is 5.73 Å². The smallest absolute Gasteiger partial charge is 0.422 e. The first-order valence-corrected chi connectivity index (χ1v) is 5.14. The van der Waals surface area contributed by atoms with Crippen molar-refractivity contribution >= 4 is 0 Å². The van der Waals surface area contributed by atoms with E-state index in [1.165, 1.54) is 6.07 Å². The highest BCUT2D eigenvalue weighted by atomic mass is 19.4. The Labute approximate surface area is 97.3 Å². The molecule has 3 nitrogen and oxygen atoms in total. The molecular formula is C11H14F3NO2. The highest BCUT2D eigenvalue weighted by Gasteiger charge is 2.28. The minimum absolute atomic E-state index is 0.0850. The largest absolute Gasteiger partial charge is 0.490 e. The van der Waals surface area contributed by atoms with Crippen LogP contribution in [0.1, 0.15) is 6.42 Å². The molecule has 0 saturated heterocycles. The van der Waals surface area contributed by atoms with Crippen LogP contribution in [-0.2, 0) is 0 Å². The summed E-state index contributed by atoms with van der Waals surface area (Å²) in [7, 11) is 0. The summed E-state index contributed by atoms with van der Waals surface area (Å²) in [6.07, 6.45) is -3.72. The fourth-order valence-electron chi connectivity index (χ4n) is 1.11. The maximum atomic E-state index is 12.0. The predicted octanol–water partition coefficient (Wildman–Crippen LogP) is 2.36. The van der Waals surface area contributed by atoms with Crippen molar-refractivity contribution in [2.45, 2.75) is 12.6 Å². The molecule has 1 rings (SSSR count). The molecule has 0 radical (unpaired) electrons. The van der Waals surface area contributed by atoms with E-state index in [0.717, 1.165) is 0 Å². The van der Waals surface area contributed by atoms with E-state index in [0.29, 0.717) is 25.3 Å². The van der Waals surface area contributed by atoms with E-state index in [1.54, 1.807) is 18.2 Å². The normalized spacial score (nSPS) is 11.3. The van der Waals surface area contributed by atoms with Crippen molar-refractivity contribution in [3.63, 3.8) is 0 Å². The van der Waals surface area contributed by atoms with Gasteiger partial charge in [0.2, 0.25) is 0 Å². The van der Waals surface area contributed by atoms with E-state index in [9.17, 15) is 13.2 Å². The third-order valence-corrected chi connectivity index (χ3v) is 1.85. The van der Waals surface area contributed by atoms with E-state index < -0.39 is 12.8 Å². The van der Waals surface area contributed by atoms with Crippen molar-refractivity contribution in [1.29, 1.82) is 0 Å².